The van der Waals surface area contributed by atoms with Gasteiger partial charge >= 0.3 is 5.97 Å². The maximum Gasteiger partial charge on any atom is 0.326 e. The summed E-state index contributed by atoms with van der Waals surface area (Å²) in [4.78, 5) is 36.3. The molecule has 0 bridgehead atoms. The van der Waals surface area contributed by atoms with Crippen molar-refractivity contribution < 1.29 is 19.5 Å². The van der Waals surface area contributed by atoms with Crippen molar-refractivity contribution in [1.82, 2.24) is 4.90 Å². The molecule has 100 valence electrons. The molecule has 1 heterocycles. The number of carboxylic acid groups (broad SMARTS) is 1. The highest BCUT2D eigenvalue weighted by atomic mass is 16.4. The van der Waals surface area contributed by atoms with Gasteiger partial charge in [0, 0.05) is 6.42 Å². The molecule has 2 amide bonds. The zero-order valence-corrected chi connectivity index (χ0v) is 10.6. The molecule has 1 saturated carbocycles. The van der Waals surface area contributed by atoms with Gasteiger partial charge in [0.15, 0.2) is 0 Å². The van der Waals surface area contributed by atoms with Crippen molar-refractivity contribution in [3.8, 4) is 0 Å². The normalized spacial score (nSPS) is 25.3. The van der Waals surface area contributed by atoms with Crippen molar-refractivity contribution in [3.05, 3.63) is 0 Å². The van der Waals surface area contributed by atoms with Crippen LogP contribution < -0.4 is 0 Å². The maximum atomic E-state index is 12.4. The largest absolute Gasteiger partial charge is 0.480 e. The Labute approximate surface area is 106 Å². The molecule has 18 heavy (non-hydrogen) atoms. The molecule has 0 radical (unpaired) electrons. The smallest absolute Gasteiger partial charge is 0.326 e. The lowest BCUT2D eigenvalue weighted by atomic mass is 9.79. The van der Waals surface area contributed by atoms with Crippen LogP contribution in [0.15, 0.2) is 0 Å². The molecule has 0 aromatic rings. The first kappa shape index (κ1) is 13.1. The number of amides is 2. The van der Waals surface area contributed by atoms with Crippen LogP contribution in [0.2, 0.25) is 0 Å². The molecule has 1 saturated heterocycles. The number of carbonyl (C=O) groups is 3. The quantitative estimate of drug-likeness (QED) is 0.758. The lowest BCUT2D eigenvalue weighted by Gasteiger charge is -2.26. The van der Waals surface area contributed by atoms with Gasteiger partial charge in [0.25, 0.3) is 0 Å². The minimum absolute atomic E-state index is 0.198. The van der Waals surface area contributed by atoms with Gasteiger partial charge in [-0.2, -0.15) is 0 Å². The topological polar surface area (TPSA) is 74.7 Å². The van der Waals surface area contributed by atoms with E-state index in [9.17, 15) is 14.4 Å². The second-order valence-electron chi connectivity index (χ2n) is 5.45. The minimum Gasteiger partial charge on any atom is -0.480 e. The standard InChI is InChI=1S/C13H19NO4/c1-9(11(16)17)14-10(15)8-13(12(14)18)6-4-2-3-5-7-13/h9H,2-8H2,1H3,(H,16,17). The van der Waals surface area contributed by atoms with Gasteiger partial charge in [0.05, 0.1) is 5.41 Å². The molecule has 0 aromatic carbocycles. The number of nitrogens with zero attached hydrogens (tertiary/aromatic N) is 1. The van der Waals surface area contributed by atoms with E-state index in [-0.39, 0.29) is 18.2 Å². The Hall–Kier alpha value is -1.39. The van der Waals surface area contributed by atoms with Crippen LogP contribution in [-0.2, 0) is 14.4 Å². The first-order chi connectivity index (χ1) is 8.48. The number of likely N-dealkylation sites (tertiary alicyclic amines) is 1. The van der Waals surface area contributed by atoms with Gasteiger partial charge in [0.1, 0.15) is 6.04 Å². The van der Waals surface area contributed by atoms with Crippen molar-refractivity contribution in [3.63, 3.8) is 0 Å². The molecule has 5 nitrogen and oxygen atoms in total. The number of aliphatic carboxylic acids is 1. The van der Waals surface area contributed by atoms with Gasteiger partial charge in [0.2, 0.25) is 11.8 Å². The van der Waals surface area contributed by atoms with E-state index in [1.54, 1.807) is 0 Å². The van der Waals surface area contributed by atoms with E-state index in [4.69, 9.17) is 5.11 Å². The van der Waals surface area contributed by atoms with E-state index in [0.717, 1.165) is 43.4 Å². The first-order valence-corrected chi connectivity index (χ1v) is 6.57. The molecule has 1 aliphatic carbocycles. The van der Waals surface area contributed by atoms with Crippen LogP contribution in [0.3, 0.4) is 0 Å². The van der Waals surface area contributed by atoms with Gasteiger partial charge in [-0.25, -0.2) is 4.79 Å². The van der Waals surface area contributed by atoms with Crippen LogP contribution in [-0.4, -0.2) is 33.8 Å². The Kier molecular flexibility index (Phi) is 3.41. The third-order valence-electron chi connectivity index (χ3n) is 4.24. The summed E-state index contributed by atoms with van der Waals surface area (Å²) in [5, 5.41) is 8.97. The third-order valence-corrected chi connectivity index (χ3v) is 4.24. The summed E-state index contributed by atoms with van der Waals surface area (Å²) < 4.78 is 0. The average molecular weight is 253 g/mol. The second kappa shape index (κ2) is 4.71. The Bertz CT molecular complexity index is 382. The average Bonchev–Trinajstić information content (AvgIpc) is 2.49. The van der Waals surface area contributed by atoms with E-state index in [2.05, 4.69) is 0 Å². The van der Waals surface area contributed by atoms with Crippen LogP contribution in [0.5, 0.6) is 0 Å². The molecule has 1 N–H and O–H groups in total. The van der Waals surface area contributed by atoms with Crippen LogP contribution in [0.4, 0.5) is 0 Å². The van der Waals surface area contributed by atoms with Crippen molar-refractivity contribution in [2.24, 2.45) is 5.41 Å². The summed E-state index contributed by atoms with van der Waals surface area (Å²) in [6.07, 6.45) is 5.74. The van der Waals surface area contributed by atoms with E-state index in [1.165, 1.54) is 6.92 Å². The highest BCUT2D eigenvalue weighted by Gasteiger charge is 2.53. The highest BCUT2D eigenvalue weighted by molar-refractivity contribution is 6.08. The molecule has 2 fully saturated rings. The predicted molar refractivity (Wildman–Crippen MR) is 63.7 cm³/mol. The minimum atomic E-state index is -1.12. The number of hydrogen-bond acceptors (Lipinski definition) is 3. The Morgan fingerprint density at radius 3 is 2.28 bits per heavy atom. The van der Waals surface area contributed by atoms with Crippen LogP contribution in [0, 0.1) is 5.41 Å². The fraction of sp³-hybridized carbons (Fsp3) is 0.769. The summed E-state index contributed by atoms with van der Waals surface area (Å²) in [5.41, 5.74) is -0.600. The second-order valence-corrected chi connectivity index (χ2v) is 5.45. The lowest BCUT2D eigenvalue weighted by molar-refractivity contribution is -0.155. The van der Waals surface area contributed by atoms with E-state index >= 15 is 0 Å². The van der Waals surface area contributed by atoms with Crippen molar-refractivity contribution in [2.75, 3.05) is 0 Å². The molecule has 2 rings (SSSR count). The summed E-state index contributed by atoms with van der Waals surface area (Å²) >= 11 is 0. The highest BCUT2D eigenvalue weighted by Crippen LogP contribution is 2.44. The van der Waals surface area contributed by atoms with Gasteiger partial charge in [-0.15, -0.1) is 0 Å². The molecular formula is C13H19NO4. The molecule has 1 atom stereocenters. The molecular weight excluding hydrogens is 234 g/mol. The SMILES string of the molecule is CC(C(=O)O)N1C(=O)CC2(CCCCCC2)C1=O. The molecule has 0 aromatic heterocycles. The van der Waals surface area contributed by atoms with Crippen molar-refractivity contribution in [2.45, 2.75) is 57.9 Å². The summed E-state index contributed by atoms with van der Waals surface area (Å²) in [6, 6.07) is -1.05. The van der Waals surface area contributed by atoms with Gasteiger partial charge < -0.3 is 5.11 Å². The molecule has 1 unspecified atom stereocenters. The lowest BCUT2D eigenvalue weighted by Crippen LogP contribution is -2.45. The fourth-order valence-electron chi connectivity index (χ4n) is 3.12. The van der Waals surface area contributed by atoms with Crippen LogP contribution in [0.1, 0.15) is 51.9 Å². The maximum absolute atomic E-state index is 12.4. The number of rotatable bonds is 2. The predicted octanol–water partition coefficient (Wildman–Crippen LogP) is 1.56. The van der Waals surface area contributed by atoms with Crippen LogP contribution >= 0.6 is 0 Å². The zero-order chi connectivity index (χ0) is 13.3. The number of carbonyl (C=O) groups excluding carboxylic acids is 2. The monoisotopic (exact) mass is 253 g/mol. The Balaban J connectivity index is 2.24. The van der Waals surface area contributed by atoms with E-state index in [0.29, 0.717) is 0 Å². The zero-order valence-electron chi connectivity index (χ0n) is 10.6. The first-order valence-electron chi connectivity index (χ1n) is 6.57. The Morgan fingerprint density at radius 1 is 1.22 bits per heavy atom. The fourth-order valence-corrected chi connectivity index (χ4v) is 3.12. The van der Waals surface area contributed by atoms with E-state index in [1.807, 2.05) is 0 Å². The van der Waals surface area contributed by atoms with Crippen molar-refractivity contribution >= 4 is 17.8 Å². The molecule has 5 heteroatoms. The summed E-state index contributed by atoms with van der Waals surface area (Å²) in [7, 11) is 0. The van der Waals surface area contributed by atoms with Gasteiger partial charge in [-0.1, -0.05) is 25.7 Å². The number of hydrogen-bond donors (Lipinski definition) is 1. The van der Waals surface area contributed by atoms with Crippen LogP contribution in [0.25, 0.3) is 0 Å². The molecule has 1 spiro atoms. The van der Waals surface area contributed by atoms with Gasteiger partial charge in [-0.3, -0.25) is 14.5 Å². The van der Waals surface area contributed by atoms with Crippen molar-refractivity contribution in [1.29, 1.82) is 0 Å². The number of carboxylic acids is 1. The summed E-state index contributed by atoms with van der Waals surface area (Å²) in [6.45, 7) is 1.40. The van der Waals surface area contributed by atoms with Gasteiger partial charge in [-0.05, 0) is 19.8 Å². The summed E-state index contributed by atoms with van der Waals surface area (Å²) in [5.74, 6) is -1.71. The third kappa shape index (κ3) is 2.02. The molecule has 1 aliphatic heterocycles. The van der Waals surface area contributed by atoms with E-state index < -0.39 is 17.4 Å². The molecule has 2 aliphatic rings. The Morgan fingerprint density at radius 2 is 1.78 bits per heavy atom. The number of imide groups is 1.